The smallest absolute Gasteiger partial charge is 0.408 e. The molecule has 2 aliphatic carbocycles. The number of ether oxygens (including phenoxy) is 1. The van der Waals surface area contributed by atoms with Crippen LogP contribution in [0.5, 0.6) is 0 Å². The van der Waals surface area contributed by atoms with Gasteiger partial charge < -0.3 is 19.9 Å². The molecule has 3 heterocycles. The van der Waals surface area contributed by atoms with Crippen LogP contribution in [0.15, 0.2) is 24.3 Å². The van der Waals surface area contributed by atoms with Crippen molar-refractivity contribution in [3.8, 4) is 6.07 Å². The number of rotatable bonds is 7. The van der Waals surface area contributed by atoms with Crippen molar-refractivity contribution >= 4 is 17.9 Å². The predicted molar refractivity (Wildman–Crippen MR) is 138 cm³/mol. The molecule has 1 aromatic rings. The second-order valence-electron chi connectivity index (χ2n) is 12.8. The molecular weight excluding hydrogens is 501 g/mol. The fourth-order valence-electron chi connectivity index (χ4n) is 6.93. The minimum absolute atomic E-state index is 0.0121. The first-order chi connectivity index (χ1) is 18.5. The highest BCUT2D eigenvalue weighted by Crippen LogP contribution is 2.50. The highest BCUT2D eigenvalue weighted by molar-refractivity contribution is 5.89. The molecule has 1 N–H and O–H groups in total. The molecular formula is C29H36FN5O4. The van der Waals surface area contributed by atoms with E-state index in [0.29, 0.717) is 31.2 Å². The fourth-order valence-corrected chi connectivity index (χ4v) is 6.93. The summed E-state index contributed by atoms with van der Waals surface area (Å²) in [5.74, 6) is 0.168. The summed E-state index contributed by atoms with van der Waals surface area (Å²) in [5.41, 5.74) is 0.227. The van der Waals surface area contributed by atoms with Gasteiger partial charge in [-0.3, -0.25) is 14.5 Å². The molecule has 39 heavy (non-hydrogen) atoms. The third-order valence-corrected chi connectivity index (χ3v) is 8.81. The Morgan fingerprint density at radius 1 is 1.18 bits per heavy atom. The summed E-state index contributed by atoms with van der Waals surface area (Å²) in [4.78, 5) is 45.9. The van der Waals surface area contributed by atoms with E-state index in [9.17, 15) is 24.0 Å². The van der Waals surface area contributed by atoms with E-state index in [2.05, 4.69) is 11.4 Å². The minimum Gasteiger partial charge on any atom is -0.444 e. The number of nitriles is 1. The quantitative estimate of drug-likeness (QED) is 0.573. The van der Waals surface area contributed by atoms with Crippen molar-refractivity contribution in [3.63, 3.8) is 0 Å². The number of hydrogen-bond donors (Lipinski definition) is 1. The largest absolute Gasteiger partial charge is 0.444 e. The zero-order chi connectivity index (χ0) is 27.6. The summed E-state index contributed by atoms with van der Waals surface area (Å²) in [6, 6.07) is 6.87. The van der Waals surface area contributed by atoms with Gasteiger partial charge in [-0.2, -0.15) is 5.26 Å². The van der Waals surface area contributed by atoms with Gasteiger partial charge in [-0.25, -0.2) is 9.18 Å². The number of likely N-dealkylation sites (tertiary alicyclic amines) is 3. The first-order valence-corrected chi connectivity index (χ1v) is 14.1. The van der Waals surface area contributed by atoms with Gasteiger partial charge in [0, 0.05) is 25.2 Å². The summed E-state index contributed by atoms with van der Waals surface area (Å²) in [5, 5.41) is 12.4. The summed E-state index contributed by atoms with van der Waals surface area (Å²) in [6.07, 6.45) is 3.61. The van der Waals surface area contributed by atoms with Gasteiger partial charge in [-0.1, -0.05) is 12.1 Å². The molecule has 3 saturated heterocycles. The zero-order valence-corrected chi connectivity index (χ0v) is 22.7. The van der Waals surface area contributed by atoms with Gasteiger partial charge in [-0.05, 0) is 82.4 Å². The number of hydrogen-bond acceptors (Lipinski definition) is 6. The maximum absolute atomic E-state index is 13.8. The number of halogens is 1. The van der Waals surface area contributed by atoms with Crippen LogP contribution >= 0.6 is 0 Å². The maximum atomic E-state index is 13.8. The molecule has 2 saturated carbocycles. The Morgan fingerprint density at radius 2 is 1.90 bits per heavy atom. The van der Waals surface area contributed by atoms with E-state index in [-0.39, 0.29) is 48.3 Å². The molecule has 0 spiro atoms. The van der Waals surface area contributed by atoms with Crippen LogP contribution in [0.2, 0.25) is 0 Å². The molecule has 6 rings (SSSR count). The molecule has 2 bridgehead atoms. The summed E-state index contributed by atoms with van der Waals surface area (Å²) in [6.45, 7) is 6.04. The number of piperazine rings is 1. The average Bonchev–Trinajstić information content (AvgIpc) is 3.75. The molecule has 9 nitrogen and oxygen atoms in total. The van der Waals surface area contributed by atoms with Gasteiger partial charge >= 0.3 is 6.09 Å². The Bertz CT molecular complexity index is 1210. The Balaban J connectivity index is 1.19. The number of nitrogens with zero attached hydrogens (tertiary/aromatic N) is 4. The summed E-state index contributed by atoms with van der Waals surface area (Å²) < 4.78 is 19.1. The second-order valence-corrected chi connectivity index (χ2v) is 12.8. The molecule has 208 valence electrons. The van der Waals surface area contributed by atoms with E-state index in [1.807, 2.05) is 9.80 Å². The number of fused-ring (bicyclic) bond motifs is 3. The van der Waals surface area contributed by atoms with Crippen LogP contribution in [0.1, 0.15) is 64.5 Å². The van der Waals surface area contributed by atoms with E-state index >= 15 is 0 Å². The lowest BCUT2D eigenvalue weighted by molar-refractivity contribution is -0.142. The van der Waals surface area contributed by atoms with Crippen LogP contribution in [0.4, 0.5) is 9.18 Å². The van der Waals surface area contributed by atoms with E-state index in [0.717, 1.165) is 24.8 Å². The van der Waals surface area contributed by atoms with Crippen LogP contribution in [-0.2, 0) is 14.3 Å². The number of nitrogens with one attached hydrogen (secondary N) is 1. The van der Waals surface area contributed by atoms with Gasteiger partial charge in [0.25, 0.3) is 0 Å². The number of amides is 3. The van der Waals surface area contributed by atoms with Gasteiger partial charge in [-0.15, -0.1) is 0 Å². The Hall–Kier alpha value is -3.19. The molecule has 3 aliphatic heterocycles. The first kappa shape index (κ1) is 26.1. The summed E-state index contributed by atoms with van der Waals surface area (Å²) >= 11 is 0. The lowest BCUT2D eigenvalue weighted by Crippen LogP contribution is -2.59. The molecule has 0 radical (unpaired) electrons. The normalized spacial score (nSPS) is 31.1. The van der Waals surface area contributed by atoms with Crippen molar-refractivity contribution in [3.05, 3.63) is 35.6 Å². The van der Waals surface area contributed by atoms with E-state index in [1.165, 1.54) is 12.1 Å². The molecule has 5 fully saturated rings. The SMILES string of the molecule is CC(C)(C)OC(=O)N[C@@H](CN1C[C@H]2C[C@@H]1C(=O)N2[C@@H](c1ccc(F)cc1)C1CC1)C(=O)N1[C@H](C#N)C[C@@H]2C[C@@H]21. The number of piperidine rings is 1. The van der Waals surface area contributed by atoms with Crippen molar-refractivity contribution in [2.75, 3.05) is 13.1 Å². The van der Waals surface area contributed by atoms with Crippen molar-refractivity contribution in [1.29, 1.82) is 5.26 Å². The molecule has 0 unspecified atom stereocenters. The Labute approximate surface area is 228 Å². The molecule has 7 atom stereocenters. The van der Waals surface area contributed by atoms with Gasteiger partial charge in [0.1, 0.15) is 23.5 Å². The number of carbonyl (C=O) groups is 3. The molecule has 5 aliphatic rings. The molecule has 10 heteroatoms. The van der Waals surface area contributed by atoms with Gasteiger partial charge in [0.2, 0.25) is 11.8 Å². The predicted octanol–water partition coefficient (Wildman–Crippen LogP) is 2.97. The zero-order valence-electron chi connectivity index (χ0n) is 22.7. The van der Waals surface area contributed by atoms with Crippen molar-refractivity contribution in [2.45, 2.75) is 94.7 Å². The minimum atomic E-state index is -0.924. The van der Waals surface area contributed by atoms with Crippen LogP contribution in [0.3, 0.4) is 0 Å². The van der Waals surface area contributed by atoms with Crippen LogP contribution in [-0.4, -0.2) is 81.5 Å². The Morgan fingerprint density at radius 3 is 2.51 bits per heavy atom. The van der Waals surface area contributed by atoms with Crippen molar-refractivity contribution in [2.24, 2.45) is 11.8 Å². The summed E-state index contributed by atoms with van der Waals surface area (Å²) in [7, 11) is 0. The number of benzene rings is 1. The lowest BCUT2D eigenvalue weighted by atomic mass is 9.99. The standard InChI is InChI=1S/C29H36FN5O4/c1-29(2,3)39-28(38)32-22(26(36)34-20(13-31)10-18-11-23(18)34)15-33-14-21-12-24(33)27(37)35(21)25(16-4-5-16)17-6-8-19(30)9-7-17/h6-9,16,18,20-25H,4-5,10-12,14-15H2,1-3H3,(H,32,38)/t18-,20+,21-,22+,23+,24-,25-/m1/s1. The lowest BCUT2D eigenvalue weighted by Gasteiger charge is -2.40. The average molecular weight is 538 g/mol. The van der Waals surface area contributed by atoms with Crippen LogP contribution in [0.25, 0.3) is 0 Å². The highest BCUT2D eigenvalue weighted by Gasteiger charge is 2.57. The van der Waals surface area contributed by atoms with Crippen LogP contribution < -0.4 is 5.32 Å². The third kappa shape index (κ3) is 4.97. The third-order valence-electron chi connectivity index (χ3n) is 8.81. The number of carbonyl (C=O) groups excluding carboxylic acids is 3. The van der Waals surface area contributed by atoms with E-state index in [4.69, 9.17) is 4.74 Å². The first-order valence-electron chi connectivity index (χ1n) is 14.1. The van der Waals surface area contributed by atoms with Crippen LogP contribution in [0, 0.1) is 29.0 Å². The topological polar surface area (TPSA) is 106 Å². The van der Waals surface area contributed by atoms with E-state index < -0.39 is 23.8 Å². The number of alkyl carbamates (subject to hydrolysis) is 1. The van der Waals surface area contributed by atoms with Gasteiger partial charge in [0.05, 0.1) is 18.2 Å². The molecule has 3 amide bonds. The Kier molecular flexibility index (Phi) is 6.33. The van der Waals surface area contributed by atoms with Gasteiger partial charge in [0.15, 0.2) is 0 Å². The maximum Gasteiger partial charge on any atom is 0.408 e. The molecule has 0 aromatic heterocycles. The second kappa shape index (κ2) is 9.47. The van der Waals surface area contributed by atoms with Crippen molar-refractivity contribution in [1.82, 2.24) is 20.0 Å². The highest BCUT2D eigenvalue weighted by atomic mass is 19.1. The molecule has 1 aromatic carbocycles. The fraction of sp³-hybridized carbons (Fsp3) is 0.655. The monoisotopic (exact) mass is 537 g/mol. The van der Waals surface area contributed by atoms with Crippen molar-refractivity contribution < 1.29 is 23.5 Å². The van der Waals surface area contributed by atoms with E-state index in [1.54, 1.807) is 37.8 Å².